The van der Waals surface area contributed by atoms with Gasteiger partial charge in [0.15, 0.2) is 0 Å². The Morgan fingerprint density at radius 3 is 2.63 bits per heavy atom. The van der Waals surface area contributed by atoms with Crippen molar-refractivity contribution in [1.29, 1.82) is 0 Å². The number of hydrogen-bond acceptors (Lipinski definition) is 3. The van der Waals surface area contributed by atoms with E-state index in [9.17, 15) is 4.79 Å². The summed E-state index contributed by atoms with van der Waals surface area (Å²) in [7, 11) is 1.64. The normalized spacial score (nSPS) is 10.2. The number of hydrogen-bond donors (Lipinski definition) is 1. The number of carbonyl (C=O) groups is 1. The van der Waals surface area contributed by atoms with Gasteiger partial charge in [-0.1, -0.05) is 28.1 Å². The lowest BCUT2D eigenvalue weighted by molar-refractivity contribution is 0.142. The first-order valence-corrected chi connectivity index (χ1v) is 7.15. The molecule has 0 aromatic heterocycles. The maximum atomic E-state index is 11.3. The molecule has 1 rings (SSSR count). The lowest BCUT2D eigenvalue weighted by Crippen LogP contribution is -2.26. The maximum Gasteiger partial charge on any atom is 0.407 e. The molecular formula is C14H20BrNO3. The largest absolute Gasteiger partial charge is 0.450 e. The van der Waals surface area contributed by atoms with Crippen molar-refractivity contribution in [3.63, 3.8) is 0 Å². The predicted octanol–water partition coefficient (Wildman–Crippen LogP) is 3.14. The van der Waals surface area contributed by atoms with Crippen LogP contribution in [0.25, 0.3) is 0 Å². The zero-order chi connectivity index (χ0) is 13.9. The Labute approximate surface area is 122 Å². The fourth-order valence-electron chi connectivity index (χ4n) is 1.55. The zero-order valence-corrected chi connectivity index (χ0v) is 12.7. The summed E-state index contributed by atoms with van der Waals surface area (Å²) in [6.07, 6.45) is 2.17. The van der Waals surface area contributed by atoms with Crippen LogP contribution in [-0.4, -0.2) is 33.0 Å². The fourth-order valence-corrected chi connectivity index (χ4v) is 1.81. The minimum absolute atomic E-state index is 0.355. The summed E-state index contributed by atoms with van der Waals surface area (Å²) >= 11 is 3.39. The molecule has 0 heterocycles. The summed E-state index contributed by atoms with van der Waals surface area (Å²) in [5, 5.41) is 2.68. The molecule has 106 valence electrons. The van der Waals surface area contributed by atoms with E-state index in [2.05, 4.69) is 33.4 Å². The molecule has 0 saturated carbocycles. The van der Waals surface area contributed by atoms with Gasteiger partial charge in [-0.3, -0.25) is 0 Å². The summed E-state index contributed by atoms with van der Waals surface area (Å²) in [5.74, 6) is 0. The molecule has 0 bridgehead atoms. The number of halogens is 1. The lowest BCUT2D eigenvalue weighted by Gasteiger charge is -2.07. The molecule has 1 amide bonds. The Morgan fingerprint density at radius 2 is 1.95 bits per heavy atom. The van der Waals surface area contributed by atoms with E-state index in [-0.39, 0.29) is 6.09 Å². The van der Waals surface area contributed by atoms with E-state index in [1.165, 1.54) is 5.56 Å². The molecule has 5 heteroatoms. The molecule has 0 fully saturated rings. The van der Waals surface area contributed by atoms with Crippen LogP contribution in [0.1, 0.15) is 18.4 Å². The van der Waals surface area contributed by atoms with Gasteiger partial charge < -0.3 is 14.8 Å². The highest BCUT2D eigenvalue weighted by molar-refractivity contribution is 9.10. The number of rotatable bonds is 8. The van der Waals surface area contributed by atoms with Crippen LogP contribution >= 0.6 is 15.9 Å². The Kier molecular flexibility index (Phi) is 8.25. The monoisotopic (exact) mass is 329 g/mol. The molecule has 0 aliphatic heterocycles. The lowest BCUT2D eigenvalue weighted by atomic mass is 10.1. The van der Waals surface area contributed by atoms with Crippen molar-refractivity contribution in [3.05, 3.63) is 34.3 Å². The van der Waals surface area contributed by atoms with E-state index in [4.69, 9.17) is 9.47 Å². The van der Waals surface area contributed by atoms with Crippen molar-refractivity contribution in [2.24, 2.45) is 0 Å². The summed E-state index contributed by atoms with van der Waals surface area (Å²) in [6, 6.07) is 8.15. The van der Waals surface area contributed by atoms with E-state index in [1.807, 2.05) is 12.1 Å². The molecule has 0 atom stereocenters. The standard InChI is InChI=1S/C14H20BrNO3/c1-18-10-3-9-16-14(17)19-11-2-4-12-5-7-13(15)8-6-12/h5-8H,2-4,9-11H2,1H3,(H,16,17). The SMILES string of the molecule is COCCCNC(=O)OCCCc1ccc(Br)cc1. The van der Waals surface area contributed by atoms with Gasteiger partial charge in [-0.25, -0.2) is 4.79 Å². The van der Waals surface area contributed by atoms with Crippen molar-refractivity contribution in [1.82, 2.24) is 5.32 Å². The second-order valence-corrected chi connectivity index (χ2v) is 5.05. The highest BCUT2D eigenvalue weighted by Gasteiger charge is 2.00. The van der Waals surface area contributed by atoms with Gasteiger partial charge in [-0.15, -0.1) is 0 Å². The predicted molar refractivity (Wildman–Crippen MR) is 78.3 cm³/mol. The first kappa shape index (κ1) is 16.0. The van der Waals surface area contributed by atoms with Crippen molar-refractivity contribution < 1.29 is 14.3 Å². The second-order valence-electron chi connectivity index (χ2n) is 4.14. The van der Waals surface area contributed by atoms with E-state index >= 15 is 0 Å². The van der Waals surface area contributed by atoms with Crippen molar-refractivity contribution in [3.8, 4) is 0 Å². The van der Waals surface area contributed by atoms with Gasteiger partial charge in [0.05, 0.1) is 6.61 Å². The van der Waals surface area contributed by atoms with Crippen LogP contribution in [0.15, 0.2) is 28.7 Å². The molecule has 1 aromatic carbocycles. The topological polar surface area (TPSA) is 47.6 Å². The van der Waals surface area contributed by atoms with Crippen molar-refractivity contribution in [2.45, 2.75) is 19.3 Å². The van der Waals surface area contributed by atoms with Gasteiger partial charge in [0.2, 0.25) is 0 Å². The van der Waals surface area contributed by atoms with Crippen LogP contribution in [0, 0.1) is 0 Å². The zero-order valence-electron chi connectivity index (χ0n) is 11.2. The number of carbonyl (C=O) groups excluding carboxylic acids is 1. The highest BCUT2D eigenvalue weighted by Crippen LogP contribution is 2.11. The third kappa shape index (κ3) is 7.85. The van der Waals surface area contributed by atoms with E-state index in [1.54, 1.807) is 7.11 Å². The minimum atomic E-state index is -0.355. The Hall–Kier alpha value is -1.07. The average molecular weight is 330 g/mol. The molecule has 0 aliphatic rings. The summed E-state index contributed by atoms with van der Waals surface area (Å²) < 4.78 is 11.0. The van der Waals surface area contributed by atoms with Crippen LogP contribution in [0.4, 0.5) is 4.79 Å². The summed E-state index contributed by atoms with van der Waals surface area (Å²) in [5.41, 5.74) is 1.24. The molecule has 1 aromatic rings. The number of amides is 1. The van der Waals surface area contributed by atoms with Crippen molar-refractivity contribution in [2.75, 3.05) is 26.9 Å². The average Bonchev–Trinajstić information content (AvgIpc) is 2.42. The minimum Gasteiger partial charge on any atom is -0.450 e. The number of methoxy groups -OCH3 is 1. The third-order valence-electron chi connectivity index (χ3n) is 2.55. The number of aryl methyl sites for hydroxylation is 1. The summed E-state index contributed by atoms with van der Waals surface area (Å²) in [4.78, 5) is 11.3. The molecule has 0 aliphatic carbocycles. The fraction of sp³-hybridized carbons (Fsp3) is 0.500. The third-order valence-corrected chi connectivity index (χ3v) is 3.08. The van der Waals surface area contributed by atoms with Crippen molar-refractivity contribution >= 4 is 22.0 Å². The van der Waals surface area contributed by atoms with Crippen LogP contribution in [0.5, 0.6) is 0 Å². The van der Waals surface area contributed by atoms with Crippen LogP contribution in [0.2, 0.25) is 0 Å². The summed E-state index contributed by atoms with van der Waals surface area (Å²) in [6.45, 7) is 1.66. The number of alkyl carbamates (subject to hydrolysis) is 1. The van der Waals surface area contributed by atoms with Gasteiger partial charge in [-0.2, -0.15) is 0 Å². The molecule has 1 N–H and O–H groups in total. The van der Waals surface area contributed by atoms with Gasteiger partial charge in [0.25, 0.3) is 0 Å². The Morgan fingerprint density at radius 1 is 1.21 bits per heavy atom. The molecule has 0 radical (unpaired) electrons. The van der Waals surface area contributed by atoms with Gasteiger partial charge in [-0.05, 0) is 37.0 Å². The molecule has 0 saturated heterocycles. The van der Waals surface area contributed by atoms with Crippen LogP contribution in [0.3, 0.4) is 0 Å². The van der Waals surface area contributed by atoms with Gasteiger partial charge >= 0.3 is 6.09 Å². The maximum absolute atomic E-state index is 11.3. The molecule has 4 nitrogen and oxygen atoms in total. The smallest absolute Gasteiger partial charge is 0.407 e. The van der Waals surface area contributed by atoms with E-state index < -0.39 is 0 Å². The first-order chi connectivity index (χ1) is 9.22. The van der Waals surface area contributed by atoms with E-state index in [0.29, 0.717) is 19.8 Å². The van der Waals surface area contributed by atoms with Gasteiger partial charge in [0.1, 0.15) is 0 Å². The number of ether oxygens (including phenoxy) is 2. The van der Waals surface area contributed by atoms with Gasteiger partial charge in [0, 0.05) is 24.7 Å². The number of nitrogens with one attached hydrogen (secondary N) is 1. The highest BCUT2D eigenvalue weighted by atomic mass is 79.9. The Balaban J connectivity index is 2.03. The molecule has 19 heavy (non-hydrogen) atoms. The van der Waals surface area contributed by atoms with E-state index in [0.717, 1.165) is 23.7 Å². The quantitative estimate of drug-likeness (QED) is 0.745. The van der Waals surface area contributed by atoms with Crippen LogP contribution < -0.4 is 5.32 Å². The molecule has 0 unspecified atom stereocenters. The second kappa shape index (κ2) is 9.81. The molecular weight excluding hydrogens is 310 g/mol. The molecule has 0 spiro atoms. The number of benzene rings is 1. The Bertz CT molecular complexity index is 367. The van der Waals surface area contributed by atoms with Crippen LogP contribution in [-0.2, 0) is 15.9 Å². The first-order valence-electron chi connectivity index (χ1n) is 6.36.